The van der Waals surface area contributed by atoms with Gasteiger partial charge in [0.1, 0.15) is 16.9 Å². The number of carbonyl (C=O) groups is 1. The van der Waals surface area contributed by atoms with Crippen molar-refractivity contribution < 1.29 is 14.6 Å². The number of ether oxygens (including phenoxy) is 1. The van der Waals surface area contributed by atoms with Gasteiger partial charge in [0.25, 0.3) is 0 Å². The highest BCUT2D eigenvalue weighted by molar-refractivity contribution is 5.87. The maximum absolute atomic E-state index is 12.2. The van der Waals surface area contributed by atoms with E-state index in [4.69, 9.17) is 4.74 Å². The first-order valence-electron chi connectivity index (χ1n) is 7.35. The molecule has 0 saturated carbocycles. The van der Waals surface area contributed by atoms with Crippen LogP contribution in [-0.2, 0) is 11.3 Å². The van der Waals surface area contributed by atoms with E-state index in [-0.39, 0.29) is 11.8 Å². The number of phenolic OH excluding ortho intramolecular Hbond substituents is 1. The number of phenols is 1. The molecular formula is C17H22N2O3. The molecule has 0 bridgehead atoms. The van der Waals surface area contributed by atoms with Gasteiger partial charge in [0, 0.05) is 24.7 Å². The van der Waals surface area contributed by atoms with Crippen LogP contribution in [0.4, 0.5) is 4.79 Å². The number of carbonyl (C=O) groups excluding carboxylic acids is 1. The quantitative estimate of drug-likeness (QED) is 0.939. The summed E-state index contributed by atoms with van der Waals surface area (Å²) in [5.41, 5.74) is 0.942. The molecule has 0 atom stereocenters. The minimum Gasteiger partial charge on any atom is -0.506 e. The molecule has 1 aromatic carbocycles. The van der Waals surface area contributed by atoms with Crippen LogP contribution in [0.1, 0.15) is 33.3 Å². The van der Waals surface area contributed by atoms with Crippen LogP contribution in [-0.4, -0.2) is 33.2 Å². The normalized spacial score (nSPS) is 11.5. The number of fused-ring (bicyclic) bond motifs is 1. The fourth-order valence-electron chi connectivity index (χ4n) is 2.19. The lowest BCUT2D eigenvalue weighted by atomic mass is 10.1. The summed E-state index contributed by atoms with van der Waals surface area (Å²) in [5, 5.41) is 10.7. The standard InChI is InChI=1S/C17H22N2O3/c1-5-19(16(21)22-17(2,3)4)11-12-8-9-14(20)15-13(12)7-6-10-18-15/h6-10,20H,5,11H2,1-4H3. The molecule has 5 heteroatoms. The van der Waals surface area contributed by atoms with E-state index in [9.17, 15) is 9.90 Å². The fraction of sp³-hybridized carbons (Fsp3) is 0.412. The number of hydrogen-bond donors (Lipinski definition) is 1. The highest BCUT2D eigenvalue weighted by atomic mass is 16.6. The summed E-state index contributed by atoms with van der Waals surface area (Å²) in [5.74, 6) is 0.139. The molecule has 22 heavy (non-hydrogen) atoms. The molecule has 0 fully saturated rings. The van der Waals surface area contributed by atoms with Crippen LogP contribution in [0.15, 0.2) is 30.5 Å². The van der Waals surface area contributed by atoms with Gasteiger partial charge in [0.2, 0.25) is 0 Å². The van der Waals surface area contributed by atoms with E-state index < -0.39 is 5.60 Å². The Bertz CT molecular complexity index is 677. The summed E-state index contributed by atoms with van der Waals surface area (Å²) >= 11 is 0. The zero-order chi connectivity index (χ0) is 16.3. The van der Waals surface area contributed by atoms with Crippen LogP contribution in [0.25, 0.3) is 10.9 Å². The number of aromatic hydroxyl groups is 1. The van der Waals surface area contributed by atoms with Crippen molar-refractivity contribution in [2.45, 2.75) is 39.8 Å². The zero-order valence-corrected chi connectivity index (χ0v) is 13.5. The van der Waals surface area contributed by atoms with Crippen LogP contribution >= 0.6 is 0 Å². The Labute approximate surface area is 130 Å². The van der Waals surface area contributed by atoms with Crippen molar-refractivity contribution in [3.63, 3.8) is 0 Å². The maximum atomic E-state index is 12.2. The summed E-state index contributed by atoms with van der Waals surface area (Å²) in [6.45, 7) is 8.39. The highest BCUT2D eigenvalue weighted by Gasteiger charge is 2.22. The number of hydrogen-bond acceptors (Lipinski definition) is 4. The maximum Gasteiger partial charge on any atom is 0.410 e. The number of pyridine rings is 1. The molecule has 0 aliphatic heterocycles. The van der Waals surface area contributed by atoms with Crippen LogP contribution in [0, 0.1) is 0 Å². The van der Waals surface area contributed by atoms with Crippen molar-refractivity contribution >= 4 is 17.0 Å². The number of rotatable bonds is 3. The van der Waals surface area contributed by atoms with Gasteiger partial charge in [-0.1, -0.05) is 12.1 Å². The lowest BCUT2D eigenvalue weighted by Gasteiger charge is -2.27. The molecule has 0 radical (unpaired) electrons. The van der Waals surface area contributed by atoms with E-state index in [0.29, 0.717) is 18.6 Å². The van der Waals surface area contributed by atoms with Gasteiger partial charge in [-0.15, -0.1) is 0 Å². The second-order valence-electron chi connectivity index (χ2n) is 6.14. The summed E-state index contributed by atoms with van der Waals surface area (Å²) in [4.78, 5) is 18.1. The predicted molar refractivity (Wildman–Crippen MR) is 85.7 cm³/mol. The molecule has 1 heterocycles. The molecule has 0 spiro atoms. The largest absolute Gasteiger partial charge is 0.506 e. The lowest BCUT2D eigenvalue weighted by Crippen LogP contribution is -2.36. The van der Waals surface area contributed by atoms with E-state index in [2.05, 4.69) is 4.98 Å². The third-order valence-electron chi connectivity index (χ3n) is 3.23. The monoisotopic (exact) mass is 302 g/mol. The number of benzene rings is 1. The molecule has 0 aliphatic carbocycles. The molecule has 1 aromatic heterocycles. The van der Waals surface area contributed by atoms with Gasteiger partial charge in [0.05, 0.1) is 0 Å². The number of nitrogens with zero attached hydrogens (tertiary/aromatic N) is 2. The topological polar surface area (TPSA) is 62.7 Å². The molecule has 0 unspecified atom stereocenters. The predicted octanol–water partition coefficient (Wildman–Crippen LogP) is 3.70. The van der Waals surface area contributed by atoms with E-state index in [1.54, 1.807) is 17.2 Å². The van der Waals surface area contributed by atoms with Gasteiger partial charge in [-0.3, -0.25) is 4.98 Å². The highest BCUT2D eigenvalue weighted by Crippen LogP contribution is 2.26. The Balaban J connectivity index is 2.29. The van der Waals surface area contributed by atoms with Gasteiger partial charge in [-0.2, -0.15) is 0 Å². The second kappa shape index (κ2) is 6.22. The third-order valence-corrected chi connectivity index (χ3v) is 3.23. The Hall–Kier alpha value is -2.30. The second-order valence-corrected chi connectivity index (χ2v) is 6.14. The van der Waals surface area contributed by atoms with Gasteiger partial charge in [-0.25, -0.2) is 4.79 Å². The number of amides is 1. The van der Waals surface area contributed by atoms with E-state index >= 15 is 0 Å². The van der Waals surface area contributed by atoms with Crippen molar-refractivity contribution in [3.8, 4) is 5.75 Å². The number of aromatic nitrogens is 1. The van der Waals surface area contributed by atoms with Crippen LogP contribution in [0.2, 0.25) is 0 Å². The average molecular weight is 302 g/mol. The fourth-order valence-corrected chi connectivity index (χ4v) is 2.19. The van der Waals surface area contributed by atoms with Gasteiger partial charge in [0.15, 0.2) is 0 Å². The Morgan fingerprint density at radius 1 is 1.32 bits per heavy atom. The van der Waals surface area contributed by atoms with Gasteiger partial charge >= 0.3 is 6.09 Å². The van der Waals surface area contributed by atoms with Gasteiger partial charge in [-0.05, 0) is 45.4 Å². The molecule has 0 aliphatic rings. The average Bonchev–Trinajstić information content (AvgIpc) is 2.45. The van der Waals surface area contributed by atoms with Crippen LogP contribution < -0.4 is 0 Å². The molecule has 5 nitrogen and oxygen atoms in total. The van der Waals surface area contributed by atoms with Crippen molar-refractivity contribution in [1.29, 1.82) is 0 Å². The van der Waals surface area contributed by atoms with E-state index in [1.165, 1.54) is 0 Å². The van der Waals surface area contributed by atoms with Crippen molar-refractivity contribution in [3.05, 3.63) is 36.0 Å². The summed E-state index contributed by atoms with van der Waals surface area (Å²) in [7, 11) is 0. The van der Waals surface area contributed by atoms with Crippen molar-refractivity contribution in [2.24, 2.45) is 0 Å². The Kier molecular flexibility index (Phi) is 4.54. The molecule has 1 amide bonds. The smallest absolute Gasteiger partial charge is 0.410 e. The van der Waals surface area contributed by atoms with Crippen LogP contribution in [0.3, 0.4) is 0 Å². The minimum atomic E-state index is -0.525. The Morgan fingerprint density at radius 3 is 2.68 bits per heavy atom. The molecule has 1 N–H and O–H groups in total. The third kappa shape index (κ3) is 3.67. The minimum absolute atomic E-state index is 0.139. The first-order chi connectivity index (χ1) is 10.3. The van der Waals surface area contributed by atoms with E-state index in [1.807, 2.05) is 45.9 Å². The van der Waals surface area contributed by atoms with Gasteiger partial charge < -0.3 is 14.7 Å². The summed E-state index contributed by atoms with van der Waals surface area (Å²) in [6.07, 6.45) is 1.29. The molecular weight excluding hydrogens is 280 g/mol. The summed E-state index contributed by atoms with van der Waals surface area (Å²) in [6, 6.07) is 7.12. The lowest BCUT2D eigenvalue weighted by molar-refractivity contribution is 0.0245. The SMILES string of the molecule is CCN(Cc1ccc(O)c2ncccc12)C(=O)OC(C)(C)C. The molecule has 118 valence electrons. The molecule has 2 aromatic rings. The Morgan fingerprint density at radius 2 is 2.05 bits per heavy atom. The van der Waals surface area contributed by atoms with E-state index in [0.717, 1.165) is 10.9 Å². The van der Waals surface area contributed by atoms with Crippen LogP contribution in [0.5, 0.6) is 5.75 Å². The zero-order valence-electron chi connectivity index (χ0n) is 13.5. The first kappa shape index (κ1) is 16.1. The summed E-state index contributed by atoms with van der Waals surface area (Å²) < 4.78 is 5.42. The van der Waals surface area contributed by atoms with Crippen molar-refractivity contribution in [1.82, 2.24) is 9.88 Å². The molecule has 0 saturated heterocycles. The van der Waals surface area contributed by atoms with Crippen molar-refractivity contribution in [2.75, 3.05) is 6.54 Å². The first-order valence-corrected chi connectivity index (χ1v) is 7.35. The molecule has 2 rings (SSSR count).